The third-order valence-corrected chi connectivity index (χ3v) is 5.01. The molecule has 1 aliphatic heterocycles. The Morgan fingerprint density at radius 3 is 2.40 bits per heavy atom. The van der Waals surface area contributed by atoms with E-state index in [1.807, 2.05) is 20.8 Å². The van der Waals surface area contributed by atoms with E-state index in [-0.39, 0.29) is 17.6 Å². The second kappa shape index (κ2) is 6.05. The summed E-state index contributed by atoms with van der Waals surface area (Å²) in [4.78, 5) is 14.8. The van der Waals surface area contributed by atoms with Gasteiger partial charge in [-0.25, -0.2) is 0 Å². The molecule has 1 saturated carbocycles. The number of rotatable bonds is 2. The lowest BCUT2D eigenvalue weighted by atomic mass is 9.78. The maximum Gasteiger partial charge on any atom is 0.323 e. The van der Waals surface area contributed by atoms with Crippen LogP contribution in [0.25, 0.3) is 0 Å². The van der Waals surface area contributed by atoms with Gasteiger partial charge in [0.15, 0.2) is 0 Å². The first-order chi connectivity index (χ1) is 9.28. The Labute approximate surface area is 124 Å². The molecule has 1 heterocycles. The molecule has 0 radical (unpaired) electrons. The zero-order valence-electron chi connectivity index (χ0n) is 13.8. The zero-order chi connectivity index (χ0) is 14.9. The van der Waals surface area contributed by atoms with Crippen molar-refractivity contribution in [2.24, 2.45) is 11.8 Å². The largest absolute Gasteiger partial charge is 0.459 e. The van der Waals surface area contributed by atoms with Crippen LogP contribution in [0.4, 0.5) is 0 Å². The molecule has 2 rings (SSSR count). The number of esters is 1. The molecule has 0 amide bonds. The quantitative estimate of drug-likeness (QED) is 0.724. The van der Waals surface area contributed by atoms with Crippen molar-refractivity contribution in [2.75, 3.05) is 6.54 Å². The van der Waals surface area contributed by atoms with E-state index in [9.17, 15) is 4.79 Å². The molecule has 2 aliphatic rings. The van der Waals surface area contributed by atoms with Crippen LogP contribution in [-0.2, 0) is 9.53 Å². The van der Waals surface area contributed by atoms with Crippen LogP contribution in [0.5, 0.6) is 0 Å². The van der Waals surface area contributed by atoms with Crippen LogP contribution in [0.15, 0.2) is 0 Å². The predicted octanol–water partition coefficient (Wildman–Crippen LogP) is 3.62. The highest BCUT2D eigenvalue weighted by atomic mass is 16.6. The summed E-state index contributed by atoms with van der Waals surface area (Å²) in [5.74, 6) is 1.59. The summed E-state index contributed by atoms with van der Waals surface area (Å²) in [5.41, 5.74) is -0.375. The number of hydrogen-bond donors (Lipinski definition) is 0. The summed E-state index contributed by atoms with van der Waals surface area (Å²) in [6, 6.07) is 0.584. The second-order valence-electron chi connectivity index (χ2n) is 7.85. The first-order valence-electron chi connectivity index (χ1n) is 8.26. The van der Waals surface area contributed by atoms with E-state index in [0.29, 0.717) is 6.04 Å². The van der Waals surface area contributed by atoms with Gasteiger partial charge < -0.3 is 4.74 Å². The Morgan fingerprint density at radius 1 is 1.10 bits per heavy atom. The van der Waals surface area contributed by atoms with Gasteiger partial charge in [0.05, 0.1) is 0 Å². The van der Waals surface area contributed by atoms with Gasteiger partial charge in [-0.2, -0.15) is 0 Å². The van der Waals surface area contributed by atoms with Gasteiger partial charge in [-0.05, 0) is 71.3 Å². The second-order valence-corrected chi connectivity index (χ2v) is 7.85. The maximum atomic E-state index is 12.4. The zero-order valence-corrected chi connectivity index (χ0v) is 13.8. The van der Waals surface area contributed by atoms with Crippen molar-refractivity contribution in [3.63, 3.8) is 0 Å². The lowest BCUT2D eigenvalue weighted by Crippen LogP contribution is -2.47. The van der Waals surface area contributed by atoms with E-state index < -0.39 is 0 Å². The lowest BCUT2D eigenvalue weighted by Gasteiger charge is -2.39. The van der Waals surface area contributed by atoms with Gasteiger partial charge >= 0.3 is 5.97 Å². The first-order valence-corrected chi connectivity index (χ1v) is 8.26. The summed E-state index contributed by atoms with van der Waals surface area (Å²) >= 11 is 0. The van der Waals surface area contributed by atoms with E-state index in [2.05, 4.69) is 18.7 Å². The lowest BCUT2D eigenvalue weighted by molar-refractivity contribution is -0.161. The smallest absolute Gasteiger partial charge is 0.323 e. The van der Waals surface area contributed by atoms with Gasteiger partial charge in [0.2, 0.25) is 0 Å². The number of likely N-dealkylation sites (tertiary alicyclic amines) is 1. The van der Waals surface area contributed by atoms with Crippen LogP contribution >= 0.6 is 0 Å². The van der Waals surface area contributed by atoms with E-state index in [4.69, 9.17) is 4.74 Å². The standard InChI is InChI=1S/C17H31NO2/c1-12-8-9-14(11-13(12)2)18-10-6-7-15(18)16(19)20-17(3,4)5/h12-15H,6-11H2,1-5H3/t12?,13?,14?,15-/m0/s1. The fraction of sp³-hybridized carbons (Fsp3) is 0.941. The predicted molar refractivity (Wildman–Crippen MR) is 81.5 cm³/mol. The van der Waals surface area contributed by atoms with Crippen LogP contribution < -0.4 is 0 Å². The van der Waals surface area contributed by atoms with Gasteiger partial charge in [-0.1, -0.05) is 13.8 Å². The SMILES string of the molecule is CC1CCC(N2CCC[C@H]2C(=O)OC(C)(C)C)CC1C. The summed E-state index contributed by atoms with van der Waals surface area (Å²) in [6.45, 7) is 11.6. The normalized spacial score (nSPS) is 36.0. The molecule has 1 aliphatic carbocycles. The summed E-state index contributed by atoms with van der Waals surface area (Å²) < 4.78 is 5.61. The fourth-order valence-electron chi connectivity index (χ4n) is 3.67. The molecule has 0 N–H and O–H groups in total. The Hall–Kier alpha value is -0.570. The number of nitrogens with zero attached hydrogens (tertiary/aromatic N) is 1. The molecular formula is C17H31NO2. The van der Waals surface area contributed by atoms with Crippen LogP contribution in [0.3, 0.4) is 0 Å². The molecule has 4 atom stereocenters. The number of carbonyl (C=O) groups excluding carboxylic acids is 1. The average molecular weight is 281 g/mol. The van der Waals surface area contributed by atoms with Crippen LogP contribution in [0, 0.1) is 11.8 Å². The Morgan fingerprint density at radius 2 is 1.80 bits per heavy atom. The van der Waals surface area contributed by atoms with Crippen LogP contribution in [-0.4, -0.2) is 35.1 Å². The minimum absolute atomic E-state index is 0.000156. The minimum Gasteiger partial charge on any atom is -0.459 e. The Kier molecular flexibility index (Phi) is 4.78. The molecule has 116 valence electrons. The number of ether oxygens (including phenoxy) is 1. The van der Waals surface area contributed by atoms with E-state index in [1.165, 1.54) is 19.3 Å². The van der Waals surface area contributed by atoms with Crippen molar-refractivity contribution in [1.82, 2.24) is 4.90 Å². The molecule has 0 aromatic rings. The molecular weight excluding hydrogens is 250 g/mol. The maximum absolute atomic E-state index is 12.4. The highest BCUT2D eigenvalue weighted by Crippen LogP contribution is 2.35. The number of carbonyl (C=O) groups is 1. The van der Waals surface area contributed by atoms with Gasteiger partial charge in [0, 0.05) is 6.04 Å². The third-order valence-electron chi connectivity index (χ3n) is 5.01. The molecule has 3 unspecified atom stereocenters. The van der Waals surface area contributed by atoms with E-state index in [1.54, 1.807) is 0 Å². The minimum atomic E-state index is -0.375. The van der Waals surface area contributed by atoms with Gasteiger partial charge in [0.1, 0.15) is 11.6 Å². The molecule has 0 bridgehead atoms. The van der Waals surface area contributed by atoms with Crippen molar-refractivity contribution < 1.29 is 9.53 Å². The van der Waals surface area contributed by atoms with Crippen molar-refractivity contribution in [1.29, 1.82) is 0 Å². The average Bonchev–Trinajstić information content (AvgIpc) is 2.79. The van der Waals surface area contributed by atoms with Gasteiger partial charge in [0.25, 0.3) is 0 Å². The summed E-state index contributed by atoms with van der Waals surface area (Å²) in [5, 5.41) is 0. The van der Waals surface area contributed by atoms with Gasteiger partial charge in [-0.15, -0.1) is 0 Å². The topological polar surface area (TPSA) is 29.5 Å². The summed E-state index contributed by atoms with van der Waals surface area (Å²) in [7, 11) is 0. The Bertz CT molecular complexity index is 347. The molecule has 2 fully saturated rings. The third kappa shape index (κ3) is 3.75. The highest BCUT2D eigenvalue weighted by molar-refractivity contribution is 5.76. The monoisotopic (exact) mass is 281 g/mol. The molecule has 3 heteroatoms. The molecule has 0 aromatic heterocycles. The molecule has 0 aromatic carbocycles. The Balaban J connectivity index is 1.98. The number of hydrogen-bond acceptors (Lipinski definition) is 3. The van der Waals surface area contributed by atoms with Crippen molar-refractivity contribution in [3.05, 3.63) is 0 Å². The van der Waals surface area contributed by atoms with Crippen LogP contribution in [0.2, 0.25) is 0 Å². The fourth-order valence-corrected chi connectivity index (χ4v) is 3.67. The van der Waals surface area contributed by atoms with E-state index in [0.717, 1.165) is 31.2 Å². The van der Waals surface area contributed by atoms with Crippen molar-refractivity contribution in [3.8, 4) is 0 Å². The van der Waals surface area contributed by atoms with Crippen molar-refractivity contribution >= 4 is 5.97 Å². The highest BCUT2D eigenvalue weighted by Gasteiger charge is 2.39. The summed E-state index contributed by atoms with van der Waals surface area (Å²) in [6.07, 6.45) is 5.87. The molecule has 1 saturated heterocycles. The molecule has 0 spiro atoms. The first kappa shape index (κ1) is 15.8. The van der Waals surface area contributed by atoms with Crippen molar-refractivity contribution in [2.45, 2.75) is 84.4 Å². The van der Waals surface area contributed by atoms with E-state index >= 15 is 0 Å². The molecule has 20 heavy (non-hydrogen) atoms. The van der Waals surface area contributed by atoms with Gasteiger partial charge in [-0.3, -0.25) is 9.69 Å². The van der Waals surface area contributed by atoms with Crippen LogP contribution in [0.1, 0.15) is 66.7 Å². The molecule has 3 nitrogen and oxygen atoms in total.